The van der Waals surface area contributed by atoms with Crippen molar-refractivity contribution in [3.05, 3.63) is 33.3 Å². The minimum Gasteiger partial charge on any atom is -0.338 e. The average Bonchev–Trinajstić information content (AvgIpc) is 3.13. The van der Waals surface area contributed by atoms with Gasteiger partial charge in [-0.2, -0.15) is 0 Å². The molecule has 0 radical (unpaired) electrons. The van der Waals surface area contributed by atoms with Crippen LogP contribution in [0.5, 0.6) is 0 Å². The van der Waals surface area contributed by atoms with Gasteiger partial charge in [0.15, 0.2) is 0 Å². The Kier molecular flexibility index (Phi) is 5.35. The molecule has 2 aromatic heterocycles. The Labute approximate surface area is 165 Å². The van der Waals surface area contributed by atoms with Crippen molar-refractivity contribution in [2.24, 2.45) is 5.92 Å². The van der Waals surface area contributed by atoms with Crippen molar-refractivity contribution in [2.45, 2.75) is 71.8 Å². The molecule has 27 heavy (non-hydrogen) atoms. The molecular formula is C21H30N4OS. The normalized spacial score (nSPS) is 18.7. The quantitative estimate of drug-likeness (QED) is 0.761. The van der Waals surface area contributed by atoms with E-state index < -0.39 is 0 Å². The van der Waals surface area contributed by atoms with Gasteiger partial charge < -0.3 is 9.47 Å². The van der Waals surface area contributed by atoms with E-state index in [1.807, 2.05) is 24.9 Å². The van der Waals surface area contributed by atoms with Gasteiger partial charge in [0.1, 0.15) is 10.7 Å². The lowest BCUT2D eigenvalue weighted by molar-refractivity contribution is 0.0688. The summed E-state index contributed by atoms with van der Waals surface area (Å²) in [4.78, 5) is 24.7. The number of aromatic nitrogens is 3. The van der Waals surface area contributed by atoms with E-state index in [1.54, 1.807) is 0 Å². The number of hydrogen-bond acceptors (Lipinski definition) is 4. The standard InChI is InChI=1S/C21H30N4OS/c1-14-13-22-20(18-5-4-6-18)25(14)12-9-17-7-10-24(11-8-17)21(26)19-15(2)23-16(3)27-19/h13,17-18H,4-12H2,1-3H3. The van der Waals surface area contributed by atoms with E-state index in [0.717, 1.165) is 48.1 Å². The number of hydrogen-bond donors (Lipinski definition) is 0. The van der Waals surface area contributed by atoms with Gasteiger partial charge in [-0.05, 0) is 58.8 Å². The van der Waals surface area contributed by atoms with Crippen LogP contribution in [0, 0.1) is 26.7 Å². The SMILES string of the molecule is Cc1nc(C)c(C(=O)N2CCC(CCn3c(C)cnc3C3CCC3)CC2)s1. The zero-order valence-electron chi connectivity index (χ0n) is 16.7. The number of imidazole rings is 1. The fraction of sp³-hybridized carbons (Fsp3) is 0.667. The highest BCUT2D eigenvalue weighted by Gasteiger charge is 2.27. The summed E-state index contributed by atoms with van der Waals surface area (Å²) in [6.45, 7) is 8.91. The molecule has 0 bridgehead atoms. The van der Waals surface area contributed by atoms with Gasteiger partial charge in [-0.3, -0.25) is 4.79 Å². The summed E-state index contributed by atoms with van der Waals surface area (Å²) in [7, 11) is 0. The number of thiazole rings is 1. The molecule has 146 valence electrons. The summed E-state index contributed by atoms with van der Waals surface area (Å²) in [5.74, 6) is 2.87. The predicted octanol–water partition coefficient (Wildman–Crippen LogP) is 4.47. The van der Waals surface area contributed by atoms with Gasteiger partial charge in [0, 0.05) is 37.4 Å². The van der Waals surface area contributed by atoms with Crippen LogP contribution in [-0.2, 0) is 6.54 Å². The van der Waals surface area contributed by atoms with Gasteiger partial charge in [0.2, 0.25) is 0 Å². The van der Waals surface area contributed by atoms with Crippen LogP contribution in [-0.4, -0.2) is 38.4 Å². The van der Waals surface area contributed by atoms with E-state index in [9.17, 15) is 4.79 Å². The number of amides is 1. The van der Waals surface area contributed by atoms with Crippen molar-refractivity contribution >= 4 is 17.2 Å². The fourth-order valence-corrected chi connectivity index (χ4v) is 5.26. The van der Waals surface area contributed by atoms with Gasteiger partial charge in [-0.1, -0.05) is 6.42 Å². The van der Waals surface area contributed by atoms with Crippen LogP contribution in [0.1, 0.15) is 76.3 Å². The predicted molar refractivity (Wildman–Crippen MR) is 108 cm³/mol. The highest BCUT2D eigenvalue weighted by molar-refractivity contribution is 7.13. The molecule has 5 nitrogen and oxygen atoms in total. The topological polar surface area (TPSA) is 51.0 Å². The van der Waals surface area contributed by atoms with Crippen molar-refractivity contribution in [1.29, 1.82) is 0 Å². The maximum absolute atomic E-state index is 12.8. The summed E-state index contributed by atoms with van der Waals surface area (Å²) in [5.41, 5.74) is 2.17. The molecule has 0 unspecified atom stereocenters. The minimum absolute atomic E-state index is 0.175. The molecule has 0 atom stereocenters. The summed E-state index contributed by atoms with van der Waals surface area (Å²) >= 11 is 1.53. The zero-order chi connectivity index (χ0) is 19.0. The summed E-state index contributed by atoms with van der Waals surface area (Å²) in [6, 6.07) is 0. The Bertz CT molecular complexity index is 812. The van der Waals surface area contributed by atoms with Crippen LogP contribution in [0.15, 0.2) is 6.20 Å². The molecule has 2 fully saturated rings. The van der Waals surface area contributed by atoms with Gasteiger partial charge in [0.25, 0.3) is 5.91 Å². The fourth-order valence-electron chi connectivity index (χ4n) is 4.37. The second kappa shape index (κ2) is 7.74. The maximum atomic E-state index is 12.8. The number of aryl methyl sites for hydroxylation is 3. The lowest BCUT2D eigenvalue weighted by Crippen LogP contribution is -2.38. The number of piperidine rings is 1. The monoisotopic (exact) mass is 386 g/mol. The van der Waals surface area contributed by atoms with Crippen molar-refractivity contribution in [3.8, 4) is 0 Å². The molecule has 1 saturated heterocycles. The highest BCUT2D eigenvalue weighted by atomic mass is 32.1. The Morgan fingerprint density at radius 2 is 1.93 bits per heavy atom. The Hall–Kier alpha value is -1.69. The summed E-state index contributed by atoms with van der Waals surface area (Å²) < 4.78 is 2.45. The summed E-state index contributed by atoms with van der Waals surface area (Å²) in [5, 5.41) is 0.976. The first kappa shape index (κ1) is 18.7. The minimum atomic E-state index is 0.175. The molecule has 0 spiro atoms. The van der Waals surface area contributed by atoms with Gasteiger partial charge in [0.05, 0.1) is 10.7 Å². The van der Waals surface area contributed by atoms with E-state index in [0.29, 0.717) is 11.8 Å². The zero-order valence-corrected chi connectivity index (χ0v) is 17.5. The number of carbonyl (C=O) groups is 1. The third-order valence-electron chi connectivity index (χ3n) is 6.32. The van der Waals surface area contributed by atoms with Crippen LogP contribution in [0.3, 0.4) is 0 Å². The largest absolute Gasteiger partial charge is 0.338 e. The molecule has 6 heteroatoms. The molecule has 2 aliphatic rings. The van der Waals surface area contributed by atoms with Gasteiger partial charge >= 0.3 is 0 Å². The average molecular weight is 387 g/mol. The van der Waals surface area contributed by atoms with Gasteiger partial charge in [-0.15, -0.1) is 11.3 Å². The summed E-state index contributed by atoms with van der Waals surface area (Å²) in [6.07, 6.45) is 9.39. The second-order valence-corrected chi connectivity index (χ2v) is 9.41. The van der Waals surface area contributed by atoms with Crippen molar-refractivity contribution in [3.63, 3.8) is 0 Å². The molecule has 1 amide bonds. The molecule has 4 rings (SSSR count). The van der Waals surface area contributed by atoms with Crippen LogP contribution < -0.4 is 0 Å². The number of carbonyl (C=O) groups excluding carboxylic acids is 1. The second-order valence-electron chi connectivity index (χ2n) is 8.21. The third-order valence-corrected chi connectivity index (χ3v) is 7.38. The van der Waals surface area contributed by atoms with Crippen LogP contribution in [0.4, 0.5) is 0 Å². The number of rotatable bonds is 5. The first-order valence-corrected chi connectivity index (χ1v) is 11.1. The van der Waals surface area contributed by atoms with E-state index in [1.165, 1.54) is 48.5 Å². The van der Waals surface area contributed by atoms with Crippen LogP contribution >= 0.6 is 11.3 Å². The lowest BCUT2D eigenvalue weighted by Gasteiger charge is -2.32. The van der Waals surface area contributed by atoms with Crippen molar-refractivity contribution in [1.82, 2.24) is 19.4 Å². The first-order chi connectivity index (χ1) is 13.0. The Morgan fingerprint density at radius 1 is 1.19 bits per heavy atom. The first-order valence-electron chi connectivity index (χ1n) is 10.3. The molecular weight excluding hydrogens is 356 g/mol. The lowest BCUT2D eigenvalue weighted by atomic mass is 9.84. The molecule has 2 aromatic rings. The number of nitrogens with zero attached hydrogens (tertiary/aromatic N) is 4. The molecule has 0 N–H and O–H groups in total. The van der Waals surface area contributed by atoms with Gasteiger partial charge in [-0.25, -0.2) is 9.97 Å². The van der Waals surface area contributed by atoms with Crippen molar-refractivity contribution < 1.29 is 4.79 Å². The van der Waals surface area contributed by atoms with E-state index in [2.05, 4.69) is 21.5 Å². The maximum Gasteiger partial charge on any atom is 0.265 e. The molecule has 1 aliphatic heterocycles. The van der Waals surface area contributed by atoms with Crippen molar-refractivity contribution in [2.75, 3.05) is 13.1 Å². The molecule has 3 heterocycles. The Balaban J connectivity index is 1.31. The number of likely N-dealkylation sites (tertiary alicyclic amines) is 1. The molecule has 0 aromatic carbocycles. The molecule has 1 aliphatic carbocycles. The van der Waals surface area contributed by atoms with Crippen LogP contribution in [0.2, 0.25) is 0 Å². The van der Waals surface area contributed by atoms with E-state index in [-0.39, 0.29) is 5.91 Å². The Morgan fingerprint density at radius 3 is 2.52 bits per heavy atom. The smallest absolute Gasteiger partial charge is 0.265 e. The van der Waals surface area contributed by atoms with E-state index in [4.69, 9.17) is 0 Å². The highest BCUT2D eigenvalue weighted by Crippen LogP contribution is 2.36. The van der Waals surface area contributed by atoms with E-state index >= 15 is 0 Å². The van der Waals surface area contributed by atoms with Crippen LogP contribution in [0.25, 0.3) is 0 Å². The third kappa shape index (κ3) is 3.82. The molecule has 1 saturated carbocycles.